The van der Waals surface area contributed by atoms with E-state index in [1.165, 1.54) is 18.2 Å². The Morgan fingerprint density at radius 2 is 1.49 bits per heavy atom. The summed E-state index contributed by atoms with van der Waals surface area (Å²) in [5.41, 5.74) is 11.7. The molecule has 0 bridgehead atoms. The van der Waals surface area contributed by atoms with Crippen molar-refractivity contribution in [3.63, 3.8) is 0 Å². The van der Waals surface area contributed by atoms with Gasteiger partial charge < -0.3 is 25.8 Å². The lowest BCUT2D eigenvalue weighted by atomic mass is 9.98. The van der Waals surface area contributed by atoms with Crippen molar-refractivity contribution in [2.45, 2.75) is 43.7 Å². The number of rotatable bonds is 12. The lowest BCUT2D eigenvalue weighted by Gasteiger charge is -2.19. The summed E-state index contributed by atoms with van der Waals surface area (Å²) >= 11 is 0. The van der Waals surface area contributed by atoms with Crippen molar-refractivity contribution in [3.8, 4) is 11.1 Å². The molecule has 43 heavy (non-hydrogen) atoms. The molecule has 8 nitrogen and oxygen atoms in total. The summed E-state index contributed by atoms with van der Waals surface area (Å²) in [6.07, 6.45) is 1.47. The first-order valence-electron chi connectivity index (χ1n) is 14.6. The number of hydrogen-bond donors (Lipinski definition) is 3. The summed E-state index contributed by atoms with van der Waals surface area (Å²) in [5.74, 6) is -0.939. The molecule has 0 saturated heterocycles. The Morgan fingerprint density at radius 3 is 2.19 bits per heavy atom. The number of ether oxygens (including phenoxy) is 2. The molecule has 4 aromatic rings. The van der Waals surface area contributed by atoms with Gasteiger partial charge in [0.05, 0.1) is 13.2 Å². The van der Waals surface area contributed by atoms with Crippen molar-refractivity contribution < 1.29 is 23.9 Å². The van der Waals surface area contributed by atoms with Crippen LogP contribution in [-0.4, -0.2) is 50.3 Å². The Balaban J connectivity index is 1.03. The first-order valence-corrected chi connectivity index (χ1v) is 14.6. The SMILES string of the molecule is COC(=O)[C@H](Cc1ccc2ccccc2c1)NC(=O)[C@@H](N)CCCCNC(=O)OCC1c2ccccc2-c2ccccc21. The molecule has 4 aromatic carbocycles. The molecule has 2 amide bonds. The molecule has 0 unspecified atom stereocenters. The molecule has 0 aliphatic heterocycles. The second kappa shape index (κ2) is 14.0. The maximum atomic E-state index is 12.8. The number of benzene rings is 4. The minimum absolute atomic E-state index is 0.00436. The highest BCUT2D eigenvalue weighted by atomic mass is 16.5. The predicted octanol–water partition coefficient (Wildman–Crippen LogP) is 5.08. The minimum Gasteiger partial charge on any atom is -0.467 e. The molecule has 1 aliphatic rings. The Labute approximate surface area is 251 Å². The number of fused-ring (bicyclic) bond motifs is 4. The summed E-state index contributed by atoms with van der Waals surface area (Å²) in [6.45, 7) is 0.656. The smallest absolute Gasteiger partial charge is 0.407 e. The fourth-order valence-corrected chi connectivity index (χ4v) is 5.68. The minimum atomic E-state index is -0.847. The number of carbonyl (C=O) groups is 3. The molecule has 222 valence electrons. The molecule has 1 aliphatic carbocycles. The van der Waals surface area contributed by atoms with E-state index < -0.39 is 30.1 Å². The molecule has 8 heteroatoms. The molecular formula is C35H37N3O5. The van der Waals surface area contributed by atoms with Crippen molar-refractivity contribution >= 4 is 28.7 Å². The van der Waals surface area contributed by atoms with Gasteiger partial charge in [-0.25, -0.2) is 9.59 Å². The fraction of sp³-hybridized carbons (Fsp3) is 0.286. The van der Waals surface area contributed by atoms with Crippen LogP contribution in [0, 0.1) is 0 Å². The molecule has 0 fully saturated rings. The zero-order valence-corrected chi connectivity index (χ0v) is 24.3. The number of unbranched alkanes of at least 4 members (excludes halogenated alkanes) is 1. The van der Waals surface area contributed by atoms with Crippen LogP contribution in [0.4, 0.5) is 4.79 Å². The van der Waals surface area contributed by atoms with Crippen LogP contribution in [0.1, 0.15) is 41.9 Å². The van der Waals surface area contributed by atoms with Gasteiger partial charge in [-0.1, -0.05) is 91.0 Å². The summed E-state index contributed by atoms with van der Waals surface area (Å²) in [5, 5.41) is 7.69. The topological polar surface area (TPSA) is 120 Å². The number of amides is 2. The van der Waals surface area contributed by atoms with Gasteiger partial charge >= 0.3 is 12.1 Å². The number of carbonyl (C=O) groups excluding carboxylic acids is 3. The first-order chi connectivity index (χ1) is 20.9. The third-order valence-corrected chi connectivity index (χ3v) is 7.95. The standard InChI is InChI=1S/C35H37N3O5/c1-42-34(40)32(21-23-17-18-24-10-2-3-11-25(24)20-23)38-33(39)31(36)16-8-9-19-37-35(41)43-22-30-28-14-6-4-12-26(28)27-13-5-7-15-29(27)30/h2-7,10-15,17-18,20,30-32H,8-9,16,19,21-22,36H2,1H3,(H,37,41)(H,38,39)/t31-,32-/m0/s1. The van der Waals surface area contributed by atoms with E-state index in [1.807, 2.05) is 66.7 Å². The number of hydrogen-bond acceptors (Lipinski definition) is 6. The molecule has 0 heterocycles. The Hall–Kier alpha value is -4.69. The summed E-state index contributed by atoms with van der Waals surface area (Å²) < 4.78 is 10.5. The van der Waals surface area contributed by atoms with Gasteiger partial charge in [0.15, 0.2) is 0 Å². The van der Waals surface area contributed by atoms with Gasteiger partial charge in [-0.05, 0) is 57.9 Å². The number of nitrogens with one attached hydrogen (secondary N) is 2. The van der Waals surface area contributed by atoms with Gasteiger partial charge in [0.1, 0.15) is 12.6 Å². The number of alkyl carbamates (subject to hydrolysis) is 1. The van der Waals surface area contributed by atoms with Crippen LogP contribution >= 0.6 is 0 Å². The second-order valence-corrected chi connectivity index (χ2v) is 10.8. The van der Waals surface area contributed by atoms with Crippen LogP contribution in [0.3, 0.4) is 0 Å². The summed E-state index contributed by atoms with van der Waals surface area (Å²) in [6, 6.07) is 28.6. The van der Waals surface area contributed by atoms with E-state index in [-0.39, 0.29) is 12.5 Å². The summed E-state index contributed by atoms with van der Waals surface area (Å²) in [7, 11) is 1.30. The van der Waals surface area contributed by atoms with Crippen LogP contribution in [0.2, 0.25) is 0 Å². The lowest BCUT2D eigenvalue weighted by Crippen LogP contribution is -2.49. The molecule has 2 atom stereocenters. The van der Waals surface area contributed by atoms with Gasteiger partial charge in [-0.15, -0.1) is 0 Å². The number of esters is 1. The molecule has 0 aromatic heterocycles. The van der Waals surface area contributed by atoms with E-state index in [1.54, 1.807) is 0 Å². The fourth-order valence-electron chi connectivity index (χ4n) is 5.68. The van der Waals surface area contributed by atoms with Crippen molar-refractivity contribution in [1.29, 1.82) is 0 Å². The predicted molar refractivity (Wildman–Crippen MR) is 166 cm³/mol. The van der Waals surface area contributed by atoms with Crippen LogP contribution < -0.4 is 16.4 Å². The summed E-state index contributed by atoms with van der Waals surface area (Å²) in [4.78, 5) is 37.6. The van der Waals surface area contributed by atoms with Crippen LogP contribution in [0.15, 0.2) is 91.0 Å². The number of methoxy groups -OCH3 is 1. The van der Waals surface area contributed by atoms with Crippen LogP contribution in [0.5, 0.6) is 0 Å². The van der Waals surface area contributed by atoms with Gasteiger partial charge in [-0.3, -0.25) is 4.79 Å². The second-order valence-electron chi connectivity index (χ2n) is 10.8. The molecule has 4 N–H and O–H groups in total. The van der Waals surface area contributed by atoms with Crippen molar-refractivity contribution in [1.82, 2.24) is 10.6 Å². The van der Waals surface area contributed by atoms with E-state index >= 15 is 0 Å². The molecule has 5 rings (SSSR count). The third kappa shape index (κ3) is 7.21. The van der Waals surface area contributed by atoms with Gasteiger partial charge in [0.25, 0.3) is 0 Å². The maximum Gasteiger partial charge on any atom is 0.407 e. The van der Waals surface area contributed by atoms with E-state index in [9.17, 15) is 14.4 Å². The van der Waals surface area contributed by atoms with Gasteiger partial charge in [-0.2, -0.15) is 0 Å². The lowest BCUT2D eigenvalue weighted by molar-refractivity contribution is -0.145. The normalized spacial score (nSPS) is 13.4. The zero-order valence-electron chi connectivity index (χ0n) is 24.3. The van der Waals surface area contributed by atoms with Crippen LogP contribution in [0.25, 0.3) is 21.9 Å². The van der Waals surface area contributed by atoms with Gasteiger partial charge in [0.2, 0.25) is 5.91 Å². The van der Waals surface area contributed by atoms with Crippen LogP contribution in [-0.2, 0) is 25.5 Å². The molecule has 0 saturated carbocycles. The average Bonchev–Trinajstić information content (AvgIpc) is 3.36. The monoisotopic (exact) mass is 579 g/mol. The maximum absolute atomic E-state index is 12.8. The highest BCUT2D eigenvalue weighted by Gasteiger charge is 2.29. The highest BCUT2D eigenvalue weighted by molar-refractivity contribution is 5.88. The molecule has 0 radical (unpaired) electrons. The Morgan fingerprint density at radius 1 is 0.837 bits per heavy atom. The third-order valence-electron chi connectivity index (χ3n) is 7.95. The Kier molecular flexibility index (Phi) is 9.69. The largest absolute Gasteiger partial charge is 0.467 e. The van der Waals surface area contributed by atoms with Gasteiger partial charge in [0, 0.05) is 18.9 Å². The number of nitrogens with two attached hydrogens (primary N) is 1. The van der Waals surface area contributed by atoms with E-state index in [0.29, 0.717) is 32.2 Å². The Bertz CT molecular complexity index is 1560. The van der Waals surface area contributed by atoms with Crippen molar-refractivity contribution in [2.75, 3.05) is 20.3 Å². The molecular weight excluding hydrogens is 542 g/mol. The quantitative estimate of drug-likeness (QED) is 0.159. The molecule has 0 spiro atoms. The van der Waals surface area contributed by atoms with Crippen molar-refractivity contribution in [2.24, 2.45) is 5.73 Å². The first kappa shape index (κ1) is 29.8. The van der Waals surface area contributed by atoms with E-state index in [2.05, 4.69) is 34.9 Å². The van der Waals surface area contributed by atoms with E-state index in [4.69, 9.17) is 15.2 Å². The van der Waals surface area contributed by atoms with Crippen molar-refractivity contribution in [3.05, 3.63) is 108 Å². The van der Waals surface area contributed by atoms with E-state index in [0.717, 1.165) is 27.5 Å². The zero-order chi connectivity index (χ0) is 30.2. The highest BCUT2D eigenvalue weighted by Crippen LogP contribution is 2.44. The average molecular weight is 580 g/mol.